The Labute approximate surface area is 59.3 Å². The predicted octanol–water partition coefficient (Wildman–Crippen LogP) is 0.453. The molecule has 3 heteroatoms. The average Bonchev–Trinajstić information content (AvgIpc) is 1.94. The Morgan fingerprint density at radius 2 is 2.60 bits per heavy atom. The van der Waals surface area contributed by atoms with Crippen LogP contribution in [0.4, 0.5) is 0 Å². The lowest BCUT2D eigenvalue weighted by Gasteiger charge is -1.97. The molecule has 1 aromatic rings. The highest BCUT2D eigenvalue weighted by atomic mass is 16.1. The van der Waals surface area contributed by atoms with Crippen molar-refractivity contribution in [3.8, 4) is 0 Å². The molecule has 3 nitrogen and oxygen atoms in total. The van der Waals surface area contributed by atoms with Crippen molar-refractivity contribution in [1.82, 2.24) is 9.78 Å². The van der Waals surface area contributed by atoms with Gasteiger partial charge in [0, 0.05) is 12.6 Å². The number of hydrogen-bond acceptors (Lipinski definition) is 2. The van der Waals surface area contributed by atoms with Gasteiger partial charge in [-0.1, -0.05) is 6.92 Å². The van der Waals surface area contributed by atoms with Crippen LogP contribution in [0, 0.1) is 6.20 Å². The Bertz CT molecular complexity index is 254. The molecule has 0 bridgehead atoms. The minimum atomic E-state index is -0.0550. The summed E-state index contributed by atoms with van der Waals surface area (Å²) >= 11 is 0. The molecule has 1 rings (SSSR count). The van der Waals surface area contributed by atoms with E-state index < -0.39 is 0 Å². The Hall–Kier alpha value is -1.12. The number of aryl methyl sites for hydroxylation is 1. The maximum absolute atomic E-state index is 10.9. The third-order valence-electron chi connectivity index (χ3n) is 1.17. The van der Waals surface area contributed by atoms with Crippen molar-refractivity contribution >= 4 is 0 Å². The summed E-state index contributed by atoms with van der Waals surface area (Å²) in [6, 6.07) is 2.98. The fourth-order valence-electron chi connectivity index (χ4n) is 0.719. The molecule has 0 saturated carbocycles. The lowest BCUT2D eigenvalue weighted by atomic mass is 10.5. The number of rotatable bonds is 2. The molecule has 0 fully saturated rings. The number of hydrogen-bond donors (Lipinski definition) is 0. The molecule has 0 saturated heterocycles. The Balaban J connectivity index is 2.92. The SMILES string of the molecule is CCCn1n[c]ccc1=O. The minimum absolute atomic E-state index is 0.0550. The molecule has 1 heterocycles. The van der Waals surface area contributed by atoms with Gasteiger partial charge in [0.1, 0.15) is 6.20 Å². The zero-order valence-electron chi connectivity index (χ0n) is 5.87. The first-order valence-electron chi connectivity index (χ1n) is 3.29. The predicted molar refractivity (Wildman–Crippen MR) is 37.6 cm³/mol. The number of nitrogens with zero attached hydrogens (tertiary/aromatic N) is 2. The monoisotopic (exact) mass is 137 g/mol. The molecular weight excluding hydrogens is 128 g/mol. The summed E-state index contributed by atoms with van der Waals surface area (Å²) in [7, 11) is 0. The van der Waals surface area contributed by atoms with Crippen LogP contribution in [0.1, 0.15) is 13.3 Å². The molecule has 0 aromatic carbocycles. The molecular formula is C7H9N2O. The Morgan fingerprint density at radius 1 is 1.80 bits per heavy atom. The zero-order valence-corrected chi connectivity index (χ0v) is 5.87. The average molecular weight is 137 g/mol. The van der Waals surface area contributed by atoms with E-state index in [-0.39, 0.29) is 5.56 Å². The largest absolute Gasteiger partial charge is 0.268 e. The quantitative estimate of drug-likeness (QED) is 0.593. The van der Waals surface area contributed by atoms with Gasteiger partial charge in [-0.2, -0.15) is 5.10 Å². The molecule has 0 N–H and O–H groups in total. The van der Waals surface area contributed by atoms with Crippen LogP contribution in [0.15, 0.2) is 16.9 Å². The second-order valence-corrected chi connectivity index (χ2v) is 2.02. The molecule has 1 aromatic heterocycles. The smallest absolute Gasteiger partial charge is 0.266 e. The van der Waals surface area contributed by atoms with Crippen LogP contribution in [0.2, 0.25) is 0 Å². The van der Waals surface area contributed by atoms with Gasteiger partial charge < -0.3 is 0 Å². The van der Waals surface area contributed by atoms with Gasteiger partial charge in [0.2, 0.25) is 0 Å². The van der Waals surface area contributed by atoms with Crippen LogP contribution >= 0.6 is 0 Å². The van der Waals surface area contributed by atoms with E-state index in [0.29, 0.717) is 6.54 Å². The van der Waals surface area contributed by atoms with Crippen LogP contribution in [-0.2, 0) is 6.54 Å². The van der Waals surface area contributed by atoms with Gasteiger partial charge in [0.15, 0.2) is 0 Å². The summed E-state index contributed by atoms with van der Waals surface area (Å²) < 4.78 is 1.40. The lowest BCUT2D eigenvalue weighted by Crippen LogP contribution is -2.20. The molecule has 0 aliphatic heterocycles. The van der Waals surface area contributed by atoms with Gasteiger partial charge in [-0.05, 0) is 12.5 Å². The van der Waals surface area contributed by atoms with Gasteiger partial charge >= 0.3 is 0 Å². The van der Waals surface area contributed by atoms with Crippen molar-refractivity contribution < 1.29 is 0 Å². The summed E-state index contributed by atoms with van der Waals surface area (Å²) in [4.78, 5) is 10.9. The van der Waals surface area contributed by atoms with Crippen LogP contribution in [0.25, 0.3) is 0 Å². The molecule has 0 atom stereocenters. The minimum Gasteiger partial charge on any atom is -0.268 e. The van der Waals surface area contributed by atoms with E-state index in [1.165, 1.54) is 16.8 Å². The van der Waals surface area contributed by atoms with Crippen molar-refractivity contribution in [2.75, 3.05) is 0 Å². The first-order chi connectivity index (χ1) is 4.84. The molecule has 0 aliphatic carbocycles. The maximum atomic E-state index is 10.9. The second-order valence-electron chi connectivity index (χ2n) is 2.02. The maximum Gasteiger partial charge on any atom is 0.266 e. The van der Waals surface area contributed by atoms with Crippen molar-refractivity contribution in [1.29, 1.82) is 0 Å². The lowest BCUT2D eigenvalue weighted by molar-refractivity contribution is 0.566. The summed E-state index contributed by atoms with van der Waals surface area (Å²) in [5.41, 5.74) is -0.0550. The van der Waals surface area contributed by atoms with Crippen molar-refractivity contribution in [2.45, 2.75) is 19.9 Å². The standard InChI is InChI=1S/C7H9N2O/c1-2-6-9-7(10)4-3-5-8-9/h3-4H,2,6H2,1H3. The van der Waals surface area contributed by atoms with Gasteiger partial charge in [0.05, 0.1) is 0 Å². The highest BCUT2D eigenvalue weighted by Gasteiger charge is 1.90. The third kappa shape index (κ3) is 1.43. The Morgan fingerprint density at radius 3 is 3.20 bits per heavy atom. The van der Waals surface area contributed by atoms with Gasteiger partial charge in [-0.3, -0.25) is 4.79 Å². The molecule has 53 valence electrons. The summed E-state index contributed by atoms with van der Waals surface area (Å²) in [5.74, 6) is 0. The van der Waals surface area contributed by atoms with Gasteiger partial charge in [-0.15, -0.1) is 0 Å². The van der Waals surface area contributed by atoms with Crippen LogP contribution in [0.5, 0.6) is 0 Å². The molecule has 0 aliphatic rings. The van der Waals surface area contributed by atoms with Crippen LogP contribution in [0.3, 0.4) is 0 Å². The normalized spacial score (nSPS) is 9.70. The van der Waals surface area contributed by atoms with Crippen molar-refractivity contribution in [2.24, 2.45) is 0 Å². The van der Waals surface area contributed by atoms with Crippen molar-refractivity contribution in [3.05, 3.63) is 28.7 Å². The van der Waals surface area contributed by atoms with E-state index >= 15 is 0 Å². The molecule has 0 spiro atoms. The first-order valence-corrected chi connectivity index (χ1v) is 3.29. The topological polar surface area (TPSA) is 34.9 Å². The van der Waals surface area contributed by atoms with Crippen LogP contribution < -0.4 is 5.56 Å². The highest BCUT2D eigenvalue weighted by Crippen LogP contribution is 1.79. The third-order valence-corrected chi connectivity index (χ3v) is 1.17. The molecule has 1 radical (unpaired) electrons. The van der Waals surface area contributed by atoms with E-state index in [4.69, 9.17) is 0 Å². The fraction of sp³-hybridized carbons (Fsp3) is 0.429. The van der Waals surface area contributed by atoms with E-state index in [1.54, 1.807) is 0 Å². The van der Waals surface area contributed by atoms with E-state index in [0.717, 1.165) is 6.42 Å². The van der Waals surface area contributed by atoms with Gasteiger partial charge in [-0.25, -0.2) is 4.68 Å². The van der Waals surface area contributed by atoms with Crippen LogP contribution in [-0.4, -0.2) is 9.78 Å². The summed E-state index contributed by atoms with van der Waals surface area (Å²) in [5, 5.41) is 3.75. The van der Waals surface area contributed by atoms with E-state index in [1.807, 2.05) is 6.92 Å². The first kappa shape index (κ1) is 6.99. The zero-order chi connectivity index (χ0) is 7.40. The summed E-state index contributed by atoms with van der Waals surface area (Å²) in [6.45, 7) is 2.68. The molecule has 10 heavy (non-hydrogen) atoms. The fourth-order valence-corrected chi connectivity index (χ4v) is 0.719. The number of aromatic nitrogens is 2. The summed E-state index contributed by atoms with van der Waals surface area (Å²) in [6.07, 6.45) is 3.52. The molecule has 0 unspecified atom stereocenters. The highest BCUT2D eigenvalue weighted by molar-refractivity contribution is 4.82. The van der Waals surface area contributed by atoms with Gasteiger partial charge in [0.25, 0.3) is 5.56 Å². The van der Waals surface area contributed by atoms with E-state index in [9.17, 15) is 4.79 Å². The van der Waals surface area contributed by atoms with Crippen molar-refractivity contribution in [3.63, 3.8) is 0 Å². The van der Waals surface area contributed by atoms with E-state index in [2.05, 4.69) is 11.3 Å². The Kier molecular flexibility index (Phi) is 2.20. The molecule has 0 amide bonds. The second kappa shape index (κ2) is 3.15.